The van der Waals surface area contributed by atoms with E-state index >= 15 is 0 Å². The Balaban J connectivity index is 2.07. The SMILES string of the molecule is CCN(CC)C(=O)c1ccc(N(CCl)C(=O)OC(CCCCCCN=[N+]=[N-])C(=O)N2CCOCC2)cc1. The van der Waals surface area contributed by atoms with Crippen LogP contribution in [0.5, 0.6) is 0 Å². The topological polar surface area (TPSA) is 128 Å². The van der Waals surface area contributed by atoms with Crippen LogP contribution < -0.4 is 4.90 Å². The molecule has 1 aromatic carbocycles. The van der Waals surface area contributed by atoms with Gasteiger partial charge in [-0.15, -0.1) is 11.6 Å². The number of carbonyl (C=O) groups is 3. The zero-order chi connectivity index (χ0) is 27.0. The zero-order valence-electron chi connectivity index (χ0n) is 21.7. The Morgan fingerprint density at radius 3 is 2.35 bits per heavy atom. The van der Waals surface area contributed by atoms with E-state index < -0.39 is 12.2 Å². The molecule has 0 aliphatic carbocycles. The molecule has 3 amide bonds. The molecule has 0 N–H and O–H groups in total. The van der Waals surface area contributed by atoms with Crippen LogP contribution in [-0.4, -0.2) is 85.8 Å². The minimum Gasteiger partial charge on any atom is -0.436 e. The molecule has 1 unspecified atom stereocenters. The number of halogens is 1. The van der Waals surface area contributed by atoms with Crippen LogP contribution in [0.3, 0.4) is 0 Å². The average Bonchev–Trinajstić information content (AvgIpc) is 2.93. The van der Waals surface area contributed by atoms with Gasteiger partial charge >= 0.3 is 6.09 Å². The molecule has 12 heteroatoms. The van der Waals surface area contributed by atoms with Crippen LogP contribution in [-0.2, 0) is 14.3 Å². The lowest BCUT2D eigenvalue weighted by Crippen LogP contribution is -2.48. The minimum absolute atomic E-state index is 0.0906. The number of benzene rings is 1. The standard InChI is InChI=1S/C25H37ClN6O5/c1-3-30(4-2)23(33)20-10-12-21(13-11-20)32(19-26)25(35)37-22(9-7-5-6-8-14-28-29-27)24(34)31-15-17-36-18-16-31/h10-13,22H,3-9,14-19H2,1-2H3. The second kappa shape index (κ2) is 16.7. The number of anilines is 1. The molecule has 1 atom stereocenters. The first-order valence-corrected chi connectivity index (χ1v) is 13.3. The van der Waals surface area contributed by atoms with E-state index in [2.05, 4.69) is 10.0 Å². The molecule has 37 heavy (non-hydrogen) atoms. The van der Waals surface area contributed by atoms with E-state index in [1.165, 1.54) is 4.90 Å². The maximum atomic E-state index is 13.2. The van der Waals surface area contributed by atoms with Crippen molar-refractivity contribution in [2.75, 3.05) is 56.8 Å². The summed E-state index contributed by atoms with van der Waals surface area (Å²) in [7, 11) is 0. The molecule has 2 rings (SSSR count). The third-order valence-corrected chi connectivity index (χ3v) is 6.43. The first kappa shape index (κ1) is 30.2. The summed E-state index contributed by atoms with van der Waals surface area (Å²) in [5, 5.41) is 3.52. The van der Waals surface area contributed by atoms with Crippen molar-refractivity contribution < 1.29 is 23.9 Å². The summed E-state index contributed by atoms with van der Waals surface area (Å²) in [6.07, 6.45) is 1.79. The number of carbonyl (C=O) groups excluding carboxylic acids is 3. The van der Waals surface area contributed by atoms with Gasteiger partial charge in [-0.25, -0.2) is 4.79 Å². The molecule has 11 nitrogen and oxygen atoms in total. The molecule has 0 bridgehead atoms. The third kappa shape index (κ3) is 9.42. The van der Waals surface area contributed by atoms with E-state index in [4.69, 9.17) is 26.6 Å². The summed E-state index contributed by atoms with van der Waals surface area (Å²) in [6.45, 7) is 7.24. The maximum Gasteiger partial charge on any atom is 0.416 e. The first-order chi connectivity index (χ1) is 18.0. The number of hydrogen-bond acceptors (Lipinski definition) is 6. The molecule has 0 aromatic heterocycles. The molecular formula is C25H37ClN6O5. The van der Waals surface area contributed by atoms with Gasteiger partial charge in [0, 0.05) is 48.9 Å². The van der Waals surface area contributed by atoms with Gasteiger partial charge in [-0.05, 0) is 62.9 Å². The van der Waals surface area contributed by atoms with Crippen molar-refractivity contribution in [2.24, 2.45) is 5.11 Å². The van der Waals surface area contributed by atoms with Gasteiger partial charge in [0.1, 0.15) is 6.00 Å². The Morgan fingerprint density at radius 2 is 1.76 bits per heavy atom. The van der Waals surface area contributed by atoms with Crippen molar-refractivity contribution in [1.29, 1.82) is 0 Å². The van der Waals surface area contributed by atoms with Gasteiger partial charge in [-0.1, -0.05) is 18.0 Å². The maximum absolute atomic E-state index is 13.2. The van der Waals surface area contributed by atoms with Crippen LogP contribution in [0.15, 0.2) is 29.4 Å². The van der Waals surface area contributed by atoms with Crippen LogP contribution in [0.25, 0.3) is 10.4 Å². The lowest BCUT2D eigenvalue weighted by atomic mass is 10.1. The Kier molecular flexibility index (Phi) is 13.6. The zero-order valence-corrected chi connectivity index (χ0v) is 22.4. The number of ether oxygens (including phenoxy) is 2. The number of unbranched alkanes of at least 4 members (excludes halogenated alkanes) is 3. The largest absolute Gasteiger partial charge is 0.436 e. The molecule has 1 heterocycles. The number of alkyl halides is 1. The fourth-order valence-corrected chi connectivity index (χ4v) is 4.25. The van der Waals surface area contributed by atoms with E-state index in [9.17, 15) is 14.4 Å². The van der Waals surface area contributed by atoms with Crippen molar-refractivity contribution in [3.8, 4) is 0 Å². The highest BCUT2D eigenvalue weighted by Crippen LogP contribution is 2.21. The molecule has 1 aliphatic rings. The number of amides is 3. The lowest BCUT2D eigenvalue weighted by Gasteiger charge is -2.31. The Bertz CT molecular complexity index is 915. The summed E-state index contributed by atoms with van der Waals surface area (Å²) >= 11 is 6.10. The average molecular weight is 537 g/mol. The Labute approximate surface area is 223 Å². The molecule has 0 spiro atoms. The first-order valence-electron chi connectivity index (χ1n) is 12.8. The number of nitrogens with zero attached hydrogens (tertiary/aromatic N) is 6. The molecule has 0 saturated carbocycles. The summed E-state index contributed by atoms with van der Waals surface area (Å²) in [4.78, 5) is 46.2. The molecule has 1 fully saturated rings. The Hall–Kier alpha value is -3.01. The molecule has 0 radical (unpaired) electrons. The van der Waals surface area contributed by atoms with Crippen molar-refractivity contribution in [3.05, 3.63) is 40.3 Å². The van der Waals surface area contributed by atoms with Crippen molar-refractivity contribution in [2.45, 2.75) is 52.1 Å². The smallest absolute Gasteiger partial charge is 0.416 e. The highest BCUT2D eigenvalue weighted by Gasteiger charge is 2.30. The van der Waals surface area contributed by atoms with Crippen LogP contribution in [0.4, 0.5) is 10.5 Å². The molecule has 1 saturated heterocycles. The second-order valence-electron chi connectivity index (χ2n) is 8.54. The van der Waals surface area contributed by atoms with Crippen molar-refractivity contribution in [3.63, 3.8) is 0 Å². The van der Waals surface area contributed by atoms with Crippen LogP contribution >= 0.6 is 11.6 Å². The van der Waals surface area contributed by atoms with E-state index in [0.717, 1.165) is 19.3 Å². The van der Waals surface area contributed by atoms with E-state index in [-0.39, 0.29) is 17.8 Å². The van der Waals surface area contributed by atoms with Gasteiger partial charge < -0.3 is 19.3 Å². The van der Waals surface area contributed by atoms with Crippen molar-refractivity contribution >= 4 is 35.2 Å². The van der Waals surface area contributed by atoms with Gasteiger partial charge in [0.2, 0.25) is 0 Å². The number of azide groups is 1. The molecule has 1 aromatic rings. The summed E-state index contributed by atoms with van der Waals surface area (Å²) < 4.78 is 11.0. The quantitative estimate of drug-likeness (QED) is 0.0842. The van der Waals surface area contributed by atoms with Gasteiger partial charge in [0.15, 0.2) is 6.10 Å². The predicted molar refractivity (Wildman–Crippen MR) is 142 cm³/mol. The van der Waals surface area contributed by atoms with Crippen LogP contribution in [0, 0.1) is 0 Å². The molecule has 1 aliphatic heterocycles. The highest BCUT2D eigenvalue weighted by atomic mass is 35.5. The predicted octanol–water partition coefficient (Wildman–Crippen LogP) is 4.80. The van der Waals surface area contributed by atoms with E-state index in [1.54, 1.807) is 34.1 Å². The number of rotatable bonds is 14. The summed E-state index contributed by atoms with van der Waals surface area (Å²) in [5.41, 5.74) is 9.34. The van der Waals surface area contributed by atoms with Gasteiger partial charge in [0.25, 0.3) is 11.8 Å². The normalized spacial score (nSPS) is 13.9. The highest BCUT2D eigenvalue weighted by molar-refractivity contribution is 6.21. The van der Waals surface area contributed by atoms with E-state index in [0.29, 0.717) is 70.0 Å². The van der Waals surface area contributed by atoms with Crippen molar-refractivity contribution in [1.82, 2.24) is 9.80 Å². The molecule has 204 valence electrons. The molecular weight excluding hydrogens is 500 g/mol. The lowest BCUT2D eigenvalue weighted by molar-refractivity contribution is -0.144. The monoisotopic (exact) mass is 536 g/mol. The minimum atomic E-state index is -0.947. The van der Waals surface area contributed by atoms with Crippen LogP contribution in [0.1, 0.15) is 56.3 Å². The number of hydrogen-bond donors (Lipinski definition) is 0. The van der Waals surface area contributed by atoms with Gasteiger partial charge in [0.05, 0.1) is 13.2 Å². The summed E-state index contributed by atoms with van der Waals surface area (Å²) in [6, 6.07) is 6.40. The van der Waals surface area contributed by atoms with E-state index in [1.807, 2.05) is 13.8 Å². The fraction of sp³-hybridized carbons (Fsp3) is 0.640. The van der Waals surface area contributed by atoms with Gasteiger partial charge in [-0.2, -0.15) is 0 Å². The fourth-order valence-electron chi connectivity index (χ4n) is 4.02. The van der Waals surface area contributed by atoms with Gasteiger partial charge in [-0.3, -0.25) is 14.5 Å². The summed E-state index contributed by atoms with van der Waals surface area (Å²) in [5.74, 6) is -0.340. The third-order valence-electron chi connectivity index (χ3n) is 6.20. The van der Waals surface area contributed by atoms with Crippen LogP contribution in [0.2, 0.25) is 0 Å². The Morgan fingerprint density at radius 1 is 1.11 bits per heavy atom. The number of morpholine rings is 1. The second-order valence-corrected chi connectivity index (χ2v) is 8.78.